The van der Waals surface area contributed by atoms with Crippen LogP contribution in [-0.2, 0) is 12.8 Å². The van der Waals surface area contributed by atoms with Crippen LogP contribution < -0.4 is 33.7 Å². The van der Waals surface area contributed by atoms with Crippen molar-refractivity contribution in [3.05, 3.63) is 40.7 Å². The molecule has 22 heavy (non-hydrogen) atoms. The molecular weight excluding hydrogens is 310 g/mol. The van der Waals surface area contributed by atoms with Crippen LogP contribution in [0.2, 0.25) is 0 Å². The summed E-state index contributed by atoms with van der Waals surface area (Å²) in [5.74, 6) is 0.908. The van der Waals surface area contributed by atoms with Gasteiger partial charge >= 0.3 is 0 Å². The van der Waals surface area contributed by atoms with E-state index >= 15 is 0 Å². The van der Waals surface area contributed by atoms with Gasteiger partial charge < -0.3 is 4.74 Å². The lowest BCUT2D eigenvalue weighted by atomic mass is 10.2. The summed E-state index contributed by atoms with van der Waals surface area (Å²) in [4.78, 5) is 3.52. The quantitative estimate of drug-likeness (QED) is 0.572. The Morgan fingerprint density at radius 3 is 1.86 bits per heavy atom. The maximum Gasteiger partial charge on any atom is 0.211 e. The Kier molecular flexibility index (Phi) is 5.55. The van der Waals surface area contributed by atoms with Crippen molar-refractivity contribution in [3.63, 3.8) is 0 Å². The molecule has 1 aliphatic rings. The molecule has 0 saturated carbocycles. The van der Waals surface area contributed by atoms with Crippen molar-refractivity contribution in [1.82, 2.24) is 0 Å². The number of halogens is 1. The average Bonchev–Trinajstić information content (AvgIpc) is 3.14. The molecule has 0 amide bonds. The second-order valence-corrected chi connectivity index (χ2v) is 5.88. The van der Waals surface area contributed by atoms with E-state index in [0.29, 0.717) is 0 Å². The molecule has 7 heteroatoms. The molecule has 0 aliphatic heterocycles. The Balaban J connectivity index is 0.000000309. The van der Waals surface area contributed by atoms with Crippen molar-refractivity contribution in [3.8, 4) is 5.75 Å². The summed E-state index contributed by atoms with van der Waals surface area (Å²) in [5.41, 5.74) is 4.35. The van der Waals surface area contributed by atoms with Gasteiger partial charge in [0, 0.05) is 23.3 Å². The van der Waals surface area contributed by atoms with Gasteiger partial charge in [-0.1, -0.05) is 6.42 Å². The number of benzene rings is 1. The Labute approximate surface area is 130 Å². The monoisotopic (exact) mass is 327 g/mol. The number of methoxy groups -OCH3 is 1. The van der Waals surface area contributed by atoms with E-state index in [4.69, 9.17) is 23.4 Å². The summed E-state index contributed by atoms with van der Waals surface area (Å²) in [6.45, 7) is 0. The minimum absolute atomic E-state index is 0.908. The largest absolute Gasteiger partial charge is 0.497 e. The van der Waals surface area contributed by atoms with Gasteiger partial charge in [0.1, 0.15) is 5.75 Å². The summed E-state index contributed by atoms with van der Waals surface area (Å²) < 4.78 is 39.1. The molecular formula is C15H18ClNO5. The Hall–Kier alpha value is -1.44. The van der Waals surface area contributed by atoms with Crippen LogP contribution in [0.25, 0.3) is 0 Å². The Morgan fingerprint density at radius 1 is 0.909 bits per heavy atom. The lowest BCUT2D eigenvalue weighted by molar-refractivity contribution is -2.00. The second-order valence-electron chi connectivity index (χ2n) is 5.12. The molecule has 0 saturated heterocycles. The van der Waals surface area contributed by atoms with Gasteiger partial charge in [-0.3, -0.25) is 0 Å². The zero-order valence-corrected chi connectivity index (χ0v) is 13.0. The molecule has 1 aliphatic carbocycles. The lowest BCUT2D eigenvalue weighted by Crippen LogP contribution is -2.68. The average molecular weight is 328 g/mol. The van der Waals surface area contributed by atoms with Crippen molar-refractivity contribution in [2.75, 3.05) is 7.11 Å². The number of fused-ring (bicyclic) bond motifs is 1. The molecule has 0 atom stereocenters. The highest BCUT2D eigenvalue weighted by Gasteiger charge is 2.26. The standard InChI is InChI=1S/C15H17NO.ClHO4/c1-17-12-9-7-11(8-10-12)16-15-13-5-3-2-4-6-14(13)15;2-1(3,4)5/h7-10H,2-6H2,1H3;(H,2,3,4,5). The maximum atomic E-state index is 8.49. The van der Waals surface area contributed by atoms with Crippen molar-refractivity contribution in [1.29, 1.82) is 0 Å². The normalized spacial score (nSPS) is 14.6. The van der Waals surface area contributed by atoms with Gasteiger partial charge in [0.05, 0.1) is 7.11 Å². The van der Waals surface area contributed by atoms with Gasteiger partial charge in [-0.05, 0) is 37.8 Å². The topological polar surface area (TPSA) is 115 Å². The third-order valence-electron chi connectivity index (χ3n) is 3.62. The molecule has 2 aromatic carbocycles. The first-order valence-corrected chi connectivity index (χ1v) is 8.24. The summed E-state index contributed by atoms with van der Waals surface area (Å²) >= 11 is 0. The van der Waals surface area contributed by atoms with Crippen LogP contribution >= 0.6 is 0 Å². The fraction of sp³-hybridized carbons (Fsp3) is 0.400. The smallest absolute Gasteiger partial charge is 0.211 e. The molecule has 0 heterocycles. The lowest BCUT2D eigenvalue weighted by Gasteiger charge is -2.17. The number of nitrogens with one attached hydrogen (secondary N) is 1. The van der Waals surface area contributed by atoms with Crippen LogP contribution in [0.1, 0.15) is 30.4 Å². The number of hydrogen-bond acceptors (Lipinski definition) is 5. The SMILES string of the molecule is COc1ccc([NH+]=c2c3c2CCCCC3)cc1.[O-][Cl+3]([O-])([O-])[O-]. The molecule has 2 aromatic rings. The van der Waals surface area contributed by atoms with E-state index in [2.05, 4.69) is 17.1 Å². The van der Waals surface area contributed by atoms with Gasteiger partial charge in [-0.25, -0.2) is 23.6 Å². The zero-order chi connectivity index (χ0) is 16.2. The third-order valence-corrected chi connectivity index (χ3v) is 3.62. The number of rotatable bonds is 2. The maximum absolute atomic E-state index is 8.49. The second kappa shape index (κ2) is 7.21. The van der Waals surface area contributed by atoms with Crippen LogP contribution in [-0.4, -0.2) is 7.11 Å². The van der Waals surface area contributed by atoms with E-state index in [1.165, 1.54) is 37.5 Å². The van der Waals surface area contributed by atoms with Crippen molar-refractivity contribution >= 4 is 5.69 Å². The molecule has 6 nitrogen and oxygen atoms in total. The molecule has 0 spiro atoms. The van der Waals surface area contributed by atoms with Crippen LogP contribution in [0, 0.1) is 10.2 Å². The van der Waals surface area contributed by atoms with Crippen LogP contribution in [0.3, 0.4) is 0 Å². The minimum atomic E-state index is -4.94. The molecule has 120 valence electrons. The zero-order valence-electron chi connectivity index (χ0n) is 12.3. The van der Waals surface area contributed by atoms with E-state index in [0.717, 1.165) is 11.4 Å². The number of hydrogen-bond donors (Lipinski definition) is 1. The molecule has 3 rings (SSSR count). The molecule has 0 bridgehead atoms. The summed E-state index contributed by atoms with van der Waals surface area (Å²) in [6.07, 6.45) is 6.64. The van der Waals surface area contributed by atoms with E-state index in [9.17, 15) is 0 Å². The van der Waals surface area contributed by atoms with Crippen molar-refractivity contribution in [2.24, 2.45) is 0 Å². The predicted octanol–water partition coefficient (Wildman–Crippen LogP) is -3.60. The highest BCUT2D eigenvalue weighted by atomic mass is 35.7. The summed E-state index contributed by atoms with van der Waals surface area (Å²) in [7, 11) is -3.25. The van der Waals surface area contributed by atoms with Gasteiger partial charge in [-0.15, -0.1) is 10.2 Å². The van der Waals surface area contributed by atoms with E-state index in [1.54, 1.807) is 18.2 Å². The molecule has 0 unspecified atom stereocenters. The molecule has 1 N–H and O–H groups in total. The van der Waals surface area contributed by atoms with Gasteiger partial charge in [-0.2, -0.15) is 0 Å². The fourth-order valence-electron chi connectivity index (χ4n) is 2.57. The minimum Gasteiger partial charge on any atom is -0.497 e. The van der Waals surface area contributed by atoms with Crippen LogP contribution in [0.5, 0.6) is 5.75 Å². The van der Waals surface area contributed by atoms with Crippen LogP contribution in [0.15, 0.2) is 24.3 Å². The van der Waals surface area contributed by atoms with Gasteiger partial charge in [0.15, 0.2) is 0 Å². The third kappa shape index (κ3) is 5.40. The first kappa shape index (κ1) is 16.9. The molecule has 0 radical (unpaired) electrons. The molecule has 0 aromatic heterocycles. The number of ether oxygens (including phenoxy) is 1. The van der Waals surface area contributed by atoms with E-state index in [1.807, 2.05) is 12.1 Å². The first-order valence-electron chi connectivity index (χ1n) is 7.01. The Morgan fingerprint density at radius 2 is 1.41 bits per heavy atom. The fourth-order valence-corrected chi connectivity index (χ4v) is 2.57. The van der Waals surface area contributed by atoms with Crippen LogP contribution in [0.4, 0.5) is 5.69 Å². The van der Waals surface area contributed by atoms with Crippen molar-refractivity contribution < 1.29 is 38.6 Å². The van der Waals surface area contributed by atoms with E-state index in [-0.39, 0.29) is 0 Å². The Bertz CT molecular complexity index is 596. The van der Waals surface area contributed by atoms with E-state index < -0.39 is 10.2 Å². The molecule has 0 fully saturated rings. The highest BCUT2D eigenvalue weighted by molar-refractivity contribution is 5.39. The highest BCUT2D eigenvalue weighted by Crippen LogP contribution is 2.20. The summed E-state index contributed by atoms with van der Waals surface area (Å²) in [6, 6.07) is 8.14. The van der Waals surface area contributed by atoms with Gasteiger partial charge in [0.2, 0.25) is 11.0 Å². The van der Waals surface area contributed by atoms with Gasteiger partial charge in [0.25, 0.3) is 0 Å². The summed E-state index contributed by atoms with van der Waals surface area (Å²) in [5, 5.41) is 1.41. The first-order chi connectivity index (χ1) is 10.4. The van der Waals surface area contributed by atoms with Crippen molar-refractivity contribution in [2.45, 2.75) is 32.1 Å². The predicted molar refractivity (Wildman–Crippen MR) is 66.8 cm³/mol.